The highest BCUT2D eigenvalue weighted by Crippen LogP contribution is 2.08. The van der Waals surface area contributed by atoms with Gasteiger partial charge in [0.2, 0.25) is 5.91 Å². The van der Waals surface area contributed by atoms with Crippen LogP contribution in [0, 0.1) is 0 Å². The normalized spacial score (nSPS) is 15.6. The summed E-state index contributed by atoms with van der Waals surface area (Å²) in [6.07, 6.45) is 3.16. The maximum Gasteiger partial charge on any atom is 0.277 e. The zero-order chi connectivity index (χ0) is 17.6. The van der Waals surface area contributed by atoms with Crippen LogP contribution in [0.25, 0.3) is 10.9 Å². The predicted molar refractivity (Wildman–Crippen MR) is 96.3 cm³/mol. The van der Waals surface area contributed by atoms with Gasteiger partial charge < -0.3 is 9.80 Å². The van der Waals surface area contributed by atoms with E-state index < -0.39 is 0 Å². The first kappa shape index (κ1) is 17.5. The fourth-order valence-corrected chi connectivity index (χ4v) is 3.10. The zero-order valence-corrected chi connectivity index (χ0v) is 14.7. The van der Waals surface area contributed by atoms with Gasteiger partial charge in [-0.2, -0.15) is 0 Å². The van der Waals surface area contributed by atoms with Gasteiger partial charge in [-0.3, -0.25) is 9.59 Å². The first-order chi connectivity index (χ1) is 12.1. The van der Waals surface area contributed by atoms with Crippen molar-refractivity contribution in [3.05, 3.63) is 34.6 Å². The molecule has 3 rings (SSSR count). The molecule has 2 aromatic rings. The number of carbonyl (C=O) groups excluding carboxylic acids is 1. The molecule has 0 aliphatic carbocycles. The number of hydrogen-bond acceptors (Lipinski definition) is 5. The van der Waals surface area contributed by atoms with Gasteiger partial charge in [-0.15, -0.1) is 5.10 Å². The highest BCUT2D eigenvalue weighted by molar-refractivity contribution is 5.76. The second-order valence-electron chi connectivity index (χ2n) is 6.63. The Kier molecular flexibility index (Phi) is 5.75. The van der Waals surface area contributed by atoms with Crippen LogP contribution in [0.5, 0.6) is 0 Å². The molecule has 0 saturated carbocycles. The first-order valence-corrected chi connectivity index (χ1v) is 8.94. The van der Waals surface area contributed by atoms with Crippen LogP contribution in [0.2, 0.25) is 0 Å². The van der Waals surface area contributed by atoms with Crippen LogP contribution in [-0.4, -0.2) is 63.9 Å². The summed E-state index contributed by atoms with van der Waals surface area (Å²) >= 11 is 0. The molecule has 0 bridgehead atoms. The lowest BCUT2D eigenvalue weighted by atomic mass is 10.1. The van der Waals surface area contributed by atoms with Crippen LogP contribution < -0.4 is 5.56 Å². The smallest absolute Gasteiger partial charge is 0.277 e. The zero-order valence-electron chi connectivity index (χ0n) is 14.7. The molecule has 1 aliphatic rings. The topological polar surface area (TPSA) is 71.3 Å². The third kappa shape index (κ3) is 4.42. The number of aryl methyl sites for hydroxylation is 1. The van der Waals surface area contributed by atoms with Gasteiger partial charge in [0.05, 0.1) is 5.39 Å². The summed E-state index contributed by atoms with van der Waals surface area (Å²) in [5.41, 5.74) is 0.528. The average molecular weight is 343 g/mol. The number of fused-ring (bicyclic) bond motifs is 1. The van der Waals surface area contributed by atoms with Crippen molar-refractivity contribution in [2.24, 2.45) is 0 Å². The van der Waals surface area contributed by atoms with E-state index in [-0.39, 0.29) is 11.5 Å². The summed E-state index contributed by atoms with van der Waals surface area (Å²) in [5, 5.41) is 8.68. The molecule has 2 heterocycles. The van der Waals surface area contributed by atoms with E-state index in [1.807, 2.05) is 17.0 Å². The molecule has 1 aromatic heterocycles. The quantitative estimate of drug-likeness (QED) is 0.735. The van der Waals surface area contributed by atoms with Gasteiger partial charge in [0.1, 0.15) is 5.52 Å². The van der Waals surface area contributed by atoms with E-state index in [9.17, 15) is 9.59 Å². The molecular formula is C18H25N5O2. The van der Waals surface area contributed by atoms with Crippen LogP contribution in [0.1, 0.15) is 25.7 Å². The highest BCUT2D eigenvalue weighted by Gasteiger charge is 2.18. The van der Waals surface area contributed by atoms with Crippen molar-refractivity contribution in [2.75, 3.05) is 33.2 Å². The molecule has 1 aromatic carbocycles. The van der Waals surface area contributed by atoms with Crippen LogP contribution in [0.15, 0.2) is 29.1 Å². The van der Waals surface area contributed by atoms with Gasteiger partial charge in [0.15, 0.2) is 0 Å². The van der Waals surface area contributed by atoms with E-state index in [0.717, 1.165) is 45.4 Å². The first-order valence-electron chi connectivity index (χ1n) is 8.94. The van der Waals surface area contributed by atoms with E-state index in [1.54, 1.807) is 12.1 Å². The predicted octanol–water partition coefficient (Wildman–Crippen LogP) is 1.13. The number of hydrogen-bond donors (Lipinski definition) is 0. The average Bonchev–Trinajstić information content (AvgIpc) is 2.64. The Balaban J connectivity index is 1.42. The van der Waals surface area contributed by atoms with Crippen LogP contribution in [0.3, 0.4) is 0 Å². The second kappa shape index (κ2) is 8.20. The lowest BCUT2D eigenvalue weighted by Gasteiger charge is -2.32. The van der Waals surface area contributed by atoms with E-state index in [2.05, 4.69) is 22.3 Å². The number of rotatable bonds is 6. The van der Waals surface area contributed by atoms with Gasteiger partial charge in [-0.05, 0) is 32.0 Å². The Labute approximate surface area is 147 Å². The van der Waals surface area contributed by atoms with Crippen molar-refractivity contribution in [3.63, 3.8) is 0 Å². The molecule has 0 atom stereocenters. The van der Waals surface area contributed by atoms with Crippen molar-refractivity contribution in [1.29, 1.82) is 0 Å². The monoisotopic (exact) mass is 343 g/mol. The van der Waals surface area contributed by atoms with Gasteiger partial charge in [-0.1, -0.05) is 23.8 Å². The molecule has 1 saturated heterocycles. The van der Waals surface area contributed by atoms with Crippen LogP contribution in [-0.2, 0) is 11.3 Å². The van der Waals surface area contributed by atoms with Gasteiger partial charge in [-0.25, -0.2) is 4.68 Å². The Bertz CT molecular complexity index is 780. The number of likely N-dealkylation sites (N-methyl/N-ethyl adjacent to an activating group) is 1. The van der Waals surface area contributed by atoms with Gasteiger partial charge in [0.25, 0.3) is 5.56 Å². The Morgan fingerprint density at radius 2 is 1.84 bits per heavy atom. The molecule has 134 valence electrons. The molecule has 0 N–H and O–H groups in total. The number of nitrogens with zero attached hydrogens (tertiary/aromatic N) is 5. The van der Waals surface area contributed by atoms with E-state index in [1.165, 1.54) is 4.68 Å². The standard InChI is InChI=1S/C18H25N5O2/c1-21-11-13-22(14-12-21)17(24)9-3-2-6-10-23-18(25)15-7-4-5-8-16(15)19-20-23/h4-5,7-8H,2-3,6,9-14H2,1H3. The number of piperazine rings is 1. The van der Waals surface area contributed by atoms with Crippen molar-refractivity contribution in [3.8, 4) is 0 Å². The molecule has 25 heavy (non-hydrogen) atoms. The maximum atomic E-state index is 12.3. The van der Waals surface area contributed by atoms with Crippen molar-refractivity contribution in [2.45, 2.75) is 32.2 Å². The van der Waals surface area contributed by atoms with Crippen molar-refractivity contribution in [1.82, 2.24) is 24.8 Å². The molecular weight excluding hydrogens is 318 g/mol. The summed E-state index contributed by atoms with van der Waals surface area (Å²) in [5.74, 6) is 0.246. The minimum absolute atomic E-state index is 0.0980. The Morgan fingerprint density at radius 1 is 1.08 bits per heavy atom. The number of carbonyl (C=O) groups is 1. The lowest BCUT2D eigenvalue weighted by Crippen LogP contribution is -2.47. The Hall–Kier alpha value is -2.28. The summed E-state index contributed by atoms with van der Waals surface area (Å²) < 4.78 is 1.42. The Morgan fingerprint density at radius 3 is 2.64 bits per heavy atom. The van der Waals surface area contributed by atoms with E-state index in [0.29, 0.717) is 23.9 Å². The molecule has 1 aliphatic heterocycles. The molecule has 0 spiro atoms. The molecule has 7 heteroatoms. The lowest BCUT2D eigenvalue weighted by molar-refractivity contribution is -0.132. The fourth-order valence-electron chi connectivity index (χ4n) is 3.10. The summed E-state index contributed by atoms with van der Waals surface area (Å²) in [6.45, 7) is 4.11. The summed E-state index contributed by atoms with van der Waals surface area (Å²) in [7, 11) is 2.08. The summed E-state index contributed by atoms with van der Waals surface area (Å²) in [6, 6.07) is 7.24. The molecule has 1 fully saturated rings. The molecule has 1 amide bonds. The molecule has 7 nitrogen and oxygen atoms in total. The minimum Gasteiger partial charge on any atom is -0.340 e. The summed E-state index contributed by atoms with van der Waals surface area (Å²) in [4.78, 5) is 28.7. The SMILES string of the molecule is CN1CCN(C(=O)CCCCCn2nnc3ccccc3c2=O)CC1. The van der Waals surface area contributed by atoms with E-state index >= 15 is 0 Å². The van der Waals surface area contributed by atoms with Crippen molar-refractivity contribution >= 4 is 16.8 Å². The fraction of sp³-hybridized carbons (Fsp3) is 0.556. The highest BCUT2D eigenvalue weighted by atomic mass is 16.2. The van der Waals surface area contributed by atoms with Crippen molar-refractivity contribution < 1.29 is 4.79 Å². The third-order valence-electron chi connectivity index (χ3n) is 4.75. The van der Waals surface area contributed by atoms with Gasteiger partial charge in [0, 0.05) is 39.1 Å². The van der Waals surface area contributed by atoms with E-state index in [4.69, 9.17) is 0 Å². The number of aromatic nitrogens is 3. The second-order valence-corrected chi connectivity index (χ2v) is 6.63. The van der Waals surface area contributed by atoms with Crippen LogP contribution in [0.4, 0.5) is 0 Å². The van der Waals surface area contributed by atoms with Crippen LogP contribution >= 0.6 is 0 Å². The van der Waals surface area contributed by atoms with Gasteiger partial charge >= 0.3 is 0 Å². The molecule has 0 radical (unpaired) electrons. The number of amides is 1. The number of benzene rings is 1. The minimum atomic E-state index is -0.0980. The molecule has 0 unspecified atom stereocenters. The largest absolute Gasteiger partial charge is 0.340 e. The number of unbranched alkanes of at least 4 members (excludes halogenated alkanes) is 2. The maximum absolute atomic E-state index is 12.3. The third-order valence-corrected chi connectivity index (χ3v) is 4.75.